The zero-order valence-electron chi connectivity index (χ0n) is 15.9. The second kappa shape index (κ2) is 10.6. The molecule has 0 aliphatic heterocycles. The Bertz CT molecular complexity index is 490. The smallest absolute Gasteiger partial charge is 0.245 e. The highest BCUT2D eigenvalue weighted by molar-refractivity contribution is 5.92. The van der Waals surface area contributed by atoms with Gasteiger partial charge in [-0.25, -0.2) is 0 Å². The Balaban J connectivity index is 2.72. The molecule has 0 aromatic heterocycles. The van der Waals surface area contributed by atoms with E-state index in [0.29, 0.717) is 13.0 Å². The van der Waals surface area contributed by atoms with Gasteiger partial charge in [0, 0.05) is 6.42 Å². The van der Waals surface area contributed by atoms with Gasteiger partial charge in [0.15, 0.2) is 5.78 Å². The SMILES string of the molecule is CC(=O)[C@H](CCN)NC(=O)[C@@H](NC(=O)CC1(CN)CCCCC1)C(C)O. The topological polar surface area (TPSA) is 148 Å². The van der Waals surface area contributed by atoms with E-state index in [1.807, 2.05) is 0 Å². The highest BCUT2D eigenvalue weighted by Crippen LogP contribution is 2.38. The number of carbonyl (C=O) groups is 3. The van der Waals surface area contributed by atoms with Crippen molar-refractivity contribution in [3.05, 3.63) is 0 Å². The fourth-order valence-corrected chi connectivity index (χ4v) is 3.53. The van der Waals surface area contributed by atoms with E-state index in [4.69, 9.17) is 11.5 Å². The van der Waals surface area contributed by atoms with Crippen LogP contribution >= 0.6 is 0 Å². The lowest BCUT2D eigenvalue weighted by Gasteiger charge is -2.36. The van der Waals surface area contributed by atoms with E-state index in [1.165, 1.54) is 13.8 Å². The number of Topliss-reactive ketones (excluding diaryl/α,β-unsaturated/α-hetero) is 1. The van der Waals surface area contributed by atoms with Crippen molar-refractivity contribution in [3.8, 4) is 0 Å². The van der Waals surface area contributed by atoms with Gasteiger partial charge in [-0.3, -0.25) is 14.4 Å². The van der Waals surface area contributed by atoms with Gasteiger partial charge < -0.3 is 27.2 Å². The molecule has 150 valence electrons. The van der Waals surface area contributed by atoms with Gasteiger partial charge >= 0.3 is 0 Å². The van der Waals surface area contributed by atoms with Gasteiger partial charge in [-0.15, -0.1) is 0 Å². The van der Waals surface area contributed by atoms with Crippen molar-refractivity contribution in [2.75, 3.05) is 13.1 Å². The highest BCUT2D eigenvalue weighted by atomic mass is 16.3. The number of nitrogens with one attached hydrogen (secondary N) is 2. The molecule has 0 aromatic carbocycles. The number of carbonyl (C=O) groups excluding carboxylic acids is 3. The van der Waals surface area contributed by atoms with Crippen molar-refractivity contribution in [1.82, 2.24) is 10.6 Å². The predicted octanol–water partition coefficient (Wildman–Crippen LogP) is -0.426. The quantitative estimate of drug-likeness (QED) is 0.353. The van der Waals surface area contributed by atoms with Crippen LogP contribution in [0.25, 0.3) is 0 Å². The van der Waals surface area contributed by atoms with Crippen LogP contribution in [-0.4, -0.2) is 54.0 Å². The minimum Gasteiger partial charge on any atom is -0.391 e. The number of aliphatic hydroxyl groups excluding tert-OH is 1. The molecule has 0 aromatic rings. The third-order valence-corrected chi connectivity index (χ3v) is 5.23. The third-order valence-electron chi connectivity index (χ3n) is 5.23. The number of hydrogen-bond acceptors (Lipinski definition) is 6. The standard InChI is InChI=1S/C18H34N4O4/c1-12(23)14(6-9-19)21-17(26)16(13(2)24)22-15(25)10-18(11-20)7-4-3-5-8-18/h13-14,16,24H,3-11,19-20H2,1-2H3,(H,21,26)(H,22,25)/t13?,14-,16-/m0/s1. The Morgan fingerprint density at radius 2 is 1.73 bits per heavy atom. The van der Waals surface area contributed by atoms with Gasteiger partial charge in [-0.2, -0.15) is 0 Å². The van der Waals surface area contributed by atoms with Crippen molar-refractivity contribution < 1.29 is 19.5 Å². The number of ketones is 1. The molecule has 7 N–H and O–H groups in total. The number of hydrogen-bond donors (Lipinski definition) is 5. The van der Waals surface area contributed by atoms with Gasteiger partial charge in [-0.1, -0.05) is 19.3 Å². The number of nitrogens with two attached hydrogens (primary N) is 2. The summed E-state index contributed by atoms with van der Waals surface area (Å²) < 4.78 is 0. The van der Waals surface area contributed by atoms with Crippen LogP contribution in [0.1, 0.15) is 58.8 Å². The van der Waals surface area contributed by atoms with E-state index in [2.05, 4.69) is 10.6 Å². The molecule has 0 radical (unpaired) electrons. The maximum absolute atomic E-state index is 12.5. The van der Waals surface area contributed by atoms with Gasteiger partial charge in [0.1, 0.15) is 6.04 Å². The Labute approximate surface area is 155 Å². The molecule has 0 saturated heterocycles. The Kier molecular flexibility index (Phi) is 9.18. The van der Waals surface area contributed by atoms with Gasteiger partial charge in [0.05, 0.1) is 12.1 Å². The van der Waals surface area contributed by atoms with Crippen LogP contribution in [0.15, 0.2) is 0 Å². The molecule has 0 spiro atoms. The minimum atomic E-state index is -1.12. The average Bonchev–Trinajstić information content (AvgIpc) is 2.59. The first kappa shape index (κ1) is 22.5. The minimum absolute atomic E-state index is 0.219. The summed E-state index contributed by atoms with van der Waals surface area (Å²) in [4.78, 5) is 36.5. The summed E-state index contributed by atoms with van der Waals surface area (Å²) in [5, 5.41) is 15.1. The first-order valence-corrected chi connectivity index (χ1v) is 9.43. The van der Waals surface area contributed by atoms with Gasteiger partial charge in [0.2, 0.25) is 11.8 Å². The first-order chi connectivity index (χ1) is 12.2. The van der Waals surface area contributed by atoms with E-state index in [0.717, 1.165) is 32.1 Å². The molecule has 3 atom stereocenters. The monoisotopic (exact) mass is 370 g/mol. The van der Waals surface area contributed by atoms with Gasteiger partial charge in [-0.05, 0) is 51.6 Å². The van der Waals surface area contributed by atoms with Crippen LogP contribution in [-0.2, 0) is 14.4 Å². The zero-order valence-corrected chi connectivity index (χ0v) is 15.9. The second-order valence-corrected chi connectivity index (χ2v) is 7.48. The predicted molar refractivity (Wildman–Crippen MR) is 99.1 cm³/mol. The lowest BCUT2D eigenvalue weighted by Crippen LogP contribution is -2.56. The Hall–Kier alpha value is -1.51. The second-order valence-electron chi connectivity index (χ2n) is 7.48. The highest BCUT2D eigenvalue weighted by Gasteiger charge is 2.35. The molecule has 1 aliphatic carbocycles. The molecule has 1 fully saturated rings. The maximum atomic E-state index is 12.5. The summed E-state index contributed by atoms with van der Waals surface area (Å²) in [6.07, 6.45) is 4.47. The largest absolute Gasteiger partial charge is 0.391 e. The molecule has 2 amide bonds. The normalized spacial score (nSPS) is 19.9. The molecule has 1 rings (SSSR count). The third kappa shape index (κ3) is 6.66. The van der Waals surface area contributed by atoms with Crippen LogP contribution in [0.4, 0.5) is 0 Å². The number of amides is 2. The molecule has 1 aliphatic rings. The Morgan fingerprint density at radius 1 is 1.12 bits per heavy atom. The summed E-state index contributed by atoms with van der Waals surface area (Å²) in [5.41, 5.74) is 11.1. The molecule has 0 bridgehead atoms. The lowest BCUT2D eigenvalue weighted by molar-refractivity contribution is -0.134. The molecule has 8 nitrogen and oxygen atoms in total. The molecule has 1 saturated carbocycles. The molecule has 1 unspecified atom stereocenters. The maximum Gasteiger partial charge on any atom is 0.245 e. The summed E-state index contributed by atoms with van der Waals surface area (Å²) in [7, 11) is 0. The van der Waals surface area contributed by atoms with E-state index < -0.39 is 24.1 Å². The summed E-state index contributed by atoms with van der Waals surface area (Å²) >= 11 is 0. The van der Waals surface area contributed by atoms with Crippen LogP contribution in [0, 0.1) is 5.41 Å². The molecule has 8 heteroatoms. The van der Waals surface area contributed by atoms with E-state index in [9.17, 15) is 19.5 Å². The fraction of sp³-hybridized carbons (Fsp3) is 0.833. The van der Waals surface area contributed by atoms with Crippen molar-refractivity contribution in [1.29, 1.82) is 0 Å². The zero-order chi connectivity index (χ0) is 19.7. The fourth-order valence-electron chi connectivity index (χ4n) is 3.53. The number of aliphatic hydroxyl groups is 1. The van der Waals surface area contributed by atoms with Crippen LogP contribution in [0.3, 0.4) is 0 Å². The van der Waals surface area contributed by atoms with Crippen molar-refractivity contribution >= 4 is 17.6 Å². The van der Waals surface area contributed by atoms with Crippen LogP contribution in [0.5, 0.6) is 0 Å². The first-order valence-electron chi connectivity index (χ1n) is 9.43. The van der Waals surface area contributed by atoms with E-state index in [1.54, 1.807) is 0 Å². The molecular weight excluding hydrogens is 336 g/mol. The van der Waals surface area contributed by atoms with Gasteiger partial charge in [0.25, 0.3) is 0 Å². The molecule has 0 heterocycles. The molecule has 26 heavy (non-hydrogen) atoms. The van der Waals surface area contributed by atoms with E-state index in [-0.39, 0.29) is 30.1 Å². The Morgan fingerprint density at radius 3 is 2.19 bits per heavy atom. The summed E-state index contributed by atoms with van der Waals surface area (Å²) in [5.74, 6) is -1.12. The average molecular weight is 370 g/mol. The van der Waals surface area contributed by atoms with Crippen molar-refractivity contribution in [2.45, 2.75) is 77.0 Å². The van der Waals surface area contributed by atoms with Crippen molar-refractivity contribution in [3.63, 3.8) is 0 Å². The van der Waals surface area contributed by atoms with Crippen LogP contribution < -0.4 is 22.1 Å². The van der Waals surface area contributed by atoms with E-state index >= 15 is 0 Å². The number of rotatable bonds is 10. The summed E-state index contributed by atoms with van der Waals surface area (Å²) in [6, 6.07) is -1.85. The van der Waals surface area contributed by atoms with Crippen molar-refractivity contribution in [2.24, 2.45) is 16.9 Å². The lowest BCUT2D eigenvalue weighted by atomic mass is 9.71. The molecular formula is C18H34N4O4. The summed E-state index contributed by atoms with van der Waals surface area (Å²) in [6.45, 7) is 3.46. The van der Waals surface area contributed by atoms with Crippen LogP contribution in [0.2, 0.25) is 0 Å².